The maximum atomic E-state index is 12.3. The molecule has 5 heteroatoms. The molecular weight excluding hydrogens is 316 g/mol. The number of nitrogens with zero attached hydrogens (tertiary/aromatic N) is 1. The topological polar surface area (TPSA) is 71.4 Å². The quantitative estimate of drug-likeness (QED) is 0.902. The normalized spacial score (nSPS) is 16.7. The van der Waals surface area contributed by atoms with Gasteiger partial charge in [0.15, 0.2) is 0 Å². The average molecular weight is 336 g/mol. The molecule has 1 atom stereocenters. The molecule has 0 aromatic heterocycles. The lowest BCUT2D eigenvalue weighted by Gasteiger charge is -2.22. The Morgan fingerprint density at radius 2 is 2.00 bits per heavy atom. The highest BCUT2D eigenvalue weighted by Crippen LogP contribution is 2.19. The smallest absolute Gasteiger partial charge is 0.257 e. The minimum atomic E-state index is -0.304. The van der Waals surface area contributed by atoms with Crippen LogP contribution in [0.5, 0.6) is 5.75 Å². The molecule has 0 bridgehead atoms. The van der Waals surface area contributed by atoms with Gasteiger partial charge in [0.25, 0.3) is 5.91 Å². The molecule has 5 nitrogen and oxygen atoms in total. The molecule has 1 aliphatic rings. The SMILES string of the molecule is N#Cc1ccccc1C(=O)Nc1ccc(OCC2CCCCO2)cc1. The Morgan fingerprint density at radius 1 is 1.20 bits per heavy atom. The highest BCUT2D eigenvalue weighted by molar-refractivity contribution is 6.05. The predicted molar refractivity (Wildman–Crippen MR) is 94.6 cm³/mol. The number of rotatable bonds is 5. The van der Waals surface area contributed by atoms with E-state index in [0.29, 0.717) is 23.4 Å². The number of carbonyl (C=O) groups is 1. The van der Waals surface area contributed by atoms with Crippen molar-refractivity contribution >= 4 is 11.6 Å². The summed E-state index contributed by atoms with van der Waals surface area (Å²) in [5, 5.41) is 11.9. The van der Waals surface area contributed by atoms with Crippen molar-refractivity contribution in [1.29, 1.82) is 5.26 Å². The first kappa shape index (κ1) is 17.0. The molecule has 1 fully saturated rings. The third kappa shape index (κ3) is 4.59. The molecule has 0 spiro atoms. The van der Waals surface area contributed by atoms with Crippen LogP contribution in [-0.2, 0) is 4.74 Å². The standard InChI is InChI=1S/C20H20N2O3/c21-13-15-5-1-2-7-19(15)20(23)22-16-8-10-17(11-9-16)25-14-18-6-3-4-12-24-18/h1-2,5,7-11,18H,3-4,6,12,14H2,(H,22,23). The molecule has 1 aliphatic heterocycles. The first-order chi connectivity index (χ1) is 12.3. The van der Waals surface area contributed by atoms with Gasteiger partial charge in [0.05, 0.1) is 23.3 Å². The molecule has 0 radical (unpaired) electrons. The Labute approximate surface area is 147 Å². The number of anilines is 1. The van der Waals surface area contributed by atoms with Gasteiger partial charge in [0, 0.05) is 12.3 Å². The van der Waals surface area contributed by atoms with Crippen LogP contribution in [0.4, 0.5) is 5.69 Å². The summed E-state index contributed by atoms with van der Waals surface area (Å²) < 4.78 is 11.4. The van der Waals surface area contributed by atoms with E-state index in [4.69, 9.17) is 14.7 Å². The van der Waals surface area contributed by atoms with E-state index in [-0.39, 0.29) is 12.0 Å². The van der Waals surface area contributed by atoms with Gasteiger partial charge < -0.3 is 14.8 Å². The van der Waals surface area contributed by atoms with Crippen molar-refractivity contribution in [2.24, 2.45) is 0 Å². The van der Waals surface area contributed by atoms with E-state index in [2.05, 4.69) is 5.32 Å². The molecule has 0 saturated carbocycles. The number of nitrogens with one attached hydrogen (secondary N) is 1. The highest BCUT2D eigenvalue weighted by Gasteiger charge is 2.14. The van der Waals surface area contributed by atoms with Crippen molar-refractivity contribution < 1.29 is 14.3 Å². The summed E-state index contributed by atoms with van der Waals surface area (Å²) in [5.74, 6) is 0.436. The second kappa shape index (κ2) is 8.32. The van der Waals surface area contributed by atoms with Gasteiger partial charge in [0.2, 0.25) is 0 Å². The van der Waals surface area contributed by atoms with Crippen molar-refractivity contribution in [3.05, 3.63) is 59.7 Å². The van der Waals surface area contributed by atoms with Crippen LogP contribution in [0.25, 0.3) is 0 Å². The maximum Gasteiger partial charge on any atom is 0.257 e. The molecule has 25 heavy (non-hydrogen) atoms. The Morgan fingerprint density at radius 3 is 2.72 bits per heavy atom. The van der Waals surface area contributed by atoms with Gasteiger partial charge >= 0.3 is 0 Å². The van der Waals surface area contributed by atoms with Crippen molar-refractivity contribution in [2.75, 3.05) is 18.5 Å². The van der Waals surface area contributed by atoms with E-state index in [0.717, 1.165) is 25.2 Å². The van der Waals surface area contributed by atoms with Crippen LogP contribution in [0, 0.1) is 11.3 Å². The number of nitriles is 1. The van der Waals surface area contributed by atoms with Crippen LogP contribution >= 0.6 is 0 Å². The Hall–Kier alpha value is -2.84. The molecule has 128 valence electrons. The summed E-state index contributed by atoms with van der Waals surface area (Å²) in [6.45, 7) is 1.35. The Bertz CT molecular complexity index is 759. The first-order valence-electron chi connectivity index (χ1n) is 8.41. The summed E-state index contributed by atoms with van der Waals surface area (Å²) >= 11 is 0. The summed E-state index contributed by atoms with van der Waals surface area (Å²) in [6.07, 6.45) is 3.51. The van der Waals surface area contributed by atoms with Crippen LogP contribution in [0.1, 0.15) is 35.2 Å². The summed E-state index contributed by atoms with van der Waals surface area (Å²) in [4.78, 5) is 12.3. The molecule has 1 saturated heterocycles. The molecule has 0 aliphatic carbocycles. The molecule has 1 amide bonds. The molecule has 1 unspecified atom stereocenters. The van der Waals surface area contributed by atoms with Crippen molar-refractivity contribution in [3.8, 4) is 11.8 Å². The van der Waals surface area contributed by atoms with E-state index < -0.39 is 0 Å². The minimum Gasteiger partial charge on any atom is -0.491 e. The van der Waals surface area contributed by atoms with Gasteiger partial charge in [-0.2, -0.15) is 5.26 Å². The highest BCUT2D eigenvalue weighted by atomic mass is 16.5. The molecular formula is C20H20N2O3. The lowest BCUT2D eigenvalue weighted by Crippen LogP contribution is -2.25. The predicted octanol–water partition coefficient (Wildman–Crippen LogP) is 3.76. The zero-order chi connectivity index (χ0) is 17.5. The van der Waals surface area contributed by atoms with E-state index >= 15 is 0 Å². The third-order valence-electron chi connectivity index (χ3n) is 4.11. The number of hydrogen-bond donors (Lipinski definition) is 1. The zero-order valence-corrected chi connectivity index (χ0v) is 13.9. The van der Waals surface area contributed by atoms with Crippen LogP contribution in [0.15, 0.2) is 48.5 Å². The van der Waals surface area contributed by atoms with Crippen molar-refractivity contribution in [3.63, 3.8) is 0 Å². The number of ether oxygens (including phenoxy) is 2. The van der Waals surface area contributed by atoms with Crippen LogP contribution in [0.3, 0.4) is 0 Å². The van der Waals surface area contributed by atoms with E-state index in [1.54, 1.807) is 36.4 Å². The summed E-state index contributed by atoms with van der Waals surface area (Å²) in [7, 11) is 0. The summed E-state index contributed by atoms with van der Waals surface area (Å²) in [6, 6.07) is 15.9. The average Bonchev–Trinajstić information content (AvgIpc) is 2.68. The number of benzene rings is 2. The van der Waals surface area contributed by atoms with Gasteiger partial charge in [-0.05, 0) is 55.7 Å². The van der Waals surface area contributed by atoms with Gasteiger partial charge in [-0.25, -0.2) is 0 Å². The van der Waals surface area contributed by atoms with Crippen LogP contribution < -0.4 is 10.1 Å². The molecule has 1 heterocycles. The van der Waals surface area contributed by atoms with Crippen molar-refractivity contribution in [2.45, 2.75) is 25.4 Å². The zero-order valence-electron chi connectivity index (χ0n) is 13.9. The second-order valence-electron chi connectivity index (χ2n) is 5.94. The van der Waals surface area contributed by atoms with Gasteiger partial charge in [-0.3, -0.25) is 4.79 Å². The third-order valence-corrected chi connectivity index (χ3v) is 4.11. The van der Waals surface area contributed by atoms with Crippen molar-refractivity contribution in [1.82, 2.24) is 0 Å². The first-order valence-corrected chi connectivity index (χ1v) is 8.41. The Kier molecular flexibility index (Phi) is 5.65. The van der Waals surface area contributed by atoms with E-state index in [9.17, 15) is 4.79 Å². The monoisotopic (exact) mass is 336 g/mol. The fraction of sp³-hybridized carbons (Fsp3) is 0.300. The second-order valence-corrected chi connectivity index (χ2v) is 5.94. The van der Waals surface area contributed by atoms with Crippen LogP contribution in [0.2, 0.25) is 0 Å². The molecule has 1 N–H and O–H groups in total. The molecule has 3 rings (SSSR count). The van der Waals surface area contributed by atoms with E-state index in [1.165, 1.54) is 6.42 Å². The number of carbonyl (C=O) groups excluding carboxylic acids is 1. The van der Waals surface area contributed by atoms with E-state index in [1.807, 2.05) is 18.2 Å². The maximum absolute atomic E-state index is 12.3. The largest absolute Gasteiger partial charge is 0.491 e. The molecule has 2 aromatic carbocycles. The fourth-order valence-electron chi connectivity index (χ4n) is 2.74. The lowest BCUT2D eigenvalue weighted by molar-refractivity contribution is -0.0110. The van der Waals surface area contributed by atoms with Gasteiger partial charge in [0.1, 0.15) is 12.4 Å². The number of hydrogen-bond acceptors (Lipinski definition) is 4. The summed E-state index contributed by atoms with van der Waals surface area (Å²) in [5.41, 5.74) is 1.37. The molecule has 2 aromatic rings. The minimum absolute atomic E-state index is 0.163. The number of amides is 1. The van der Waals surface area contributed by atoms with Gasteiger partial charge in [-0.15, -0.1) is 0 Å². The van der Waals surface area contributed by atoms with Crippen LogP contribution in [-0.4, -0.2) is 25.2 Å². The Balaban J connectivity index is 1.57. The fourth-order valence-corrected chi connectivity index (χ4v) is 2.74. The van der Waals surface area contributed by atoms with Gasteiger partial charge in [-0.1, -0.05) is 12.1 Å². The lowest BCUT2D eigenvalue weighted by atomic mass is 10.1.